The second kappa shape index (κ2) is 6.76. The van der Waals surface area contributed by atoms with E-state index in [1.54, 1.807) is 6.20 Å². The van der Waals surface area contributed by atoms with Gasteiger partial charge in [-0.1, -0.05) is 6.07 Å². The maximum Gasteiger partial charge on any atom is 0.0300 e. The first-order chi connectivity index (χ1) is 8.45. The van der Waals surface area contributed by atoms with Crippen LogP contribution in [0.4, 0.5) is 0 Å². The maximum atomic E-state index is 4.10. The topological polar surface area (TPSA) is 37.8 Å². The van der Waals surface area contributed by atoms with E-state index < -0.39 is 0 Å². The second-order valence-electron chi connectivity index (χ2n) is 3.97. The molecule has 0 saturated heterocycles. The molecule has 3 heteroatoms. The zero-order valence-corrected chi connectivity index (χ0v) is 9.84. The first kappa shape index (κ1) is 11.7. The van der Waals surface area contributed by atoms with E-state index in [9.17, 15) is 0 Å². The molecule has 0 fully saturated rings. The van der Waals surface area contributed by atoms with Crippen molar-refractivity contribution in [3.8, 4) is 0 Å². The molecule has 17 heavy (non-hydrogen) atoms. The van der Waals surface area contributed by atoms with E-state index in [1.165, 1.54) is 11.1 Å². The van der Waals surface area contributed by atoms with Gasteiger partial charge in [-0.25, -0.2) is 0 Å². The van der Waals surface area contributed by atoms with Crippen LogP contribution in [0.3, 0.4) is 0 Å². The first-order valence-corrected chi connectivity index (χ1v) is 5.94. The Morgan fingerprint density at radius 3 is 2.29 bits per heavy atom. The summed E-state index contributed by atoms with van der Waals surface area (Å²) >= 11 is 0. The molecule has 0 bridgehead atoms. The standard InChI is InChI=1S/C14H17N3/c1-2-14(12-17-7-1)6-11-16-10-5-13-3-8-15-9-4-13/h1-4,7-9,12,16H,5-6,10-11H2. The normalized spacial score (nSPS) is 10.4. The Labute approximate surface area is 102 Å². The van der Waals surface area contributed by atoms with Gasteiger partial charge in [-0.05, 0) is 55.3 Å². The number of pyridine rings is 2. The lowest BCUT2D eigenvalue weighted by molar-refractivity contribution is 0.680. The zero-order chi connectivity index (χ0) is 11.8. The number of hydrogen-bond donors (Lipinski definition) is 1. The van der Waals surface area contributed by atoms with Crippen LogP contribution in [0.1, 0.15) is 11.1 Å². The van der Waals surface area contributed by atoms with Gasteiger partial charge in [-0.3, -0.25) is 9.97 Å². The molecule has 0 spiro atoms. The third kappa shape index (κ3) is 4.33. The van der Waals surface area contributed by atoms with Gasteiger partial charge in [0.05, 0.1) is 0 Å². The summed E-state index contributed by atoms with van der Waals surface area (Å²) in [6, 6.07) is 8.20. The van der Waals surface area contributed by atoms with Gasteiger partial charge in [-0.2, -0.15) is 0 Å². The molecule has 0 aliphatic heterocycles. The van der Waals surface area contributed by atoms with Crippen molar-refractivity contribution in [3.05, 3.63) is 60.2 Å². The van der Waals surface area contributed by atoms with Gasteiger partial charge >= 0.3 is 0 Å². The largest absolute Gasteiger partial charge is 0.316 e. The van der Waals surface area contributed by atoms with Gasteiger partial charge in [0, 0.05) is 24.8 Å². The van der Waals surface area contributed by atoms with Gasteiger partial charge < -0.3 is 5.32 Å². The summed E-state index contributed by atoms with van der Waals surface area (Å²) < 4.78 is 0. The van der Waals surface area contributed by atoms with Crippen molar-refractivity contribution in [3.63, 3.8) is 0 Å². The lowest BCUT2D eigenvalue weighted by atomic mass is 10.2. The first-order valence-electron chi connectivity index (χ1n) is 5.94. The van der Waals surface area contributed by atoms with E-state index in [4.69, 9.17) is 0 Å². The van der Waals surface area contributed by atoms with Crippen LogP contribution in [0.25, 0.3) is 0 Å². The second-order valence-corrected chi connectivity index (χ2v) is 3.97. The van der Waals surface area contributed by atoms with Gasteiger partial charge in [-0.15, -0.1) is 0 Å². The van der Waals surface area contributed by atoms with Gasteiger partial charge in [0.1, 0.15) is 0 Å². The fourth-order valence-corrected chi connectivity index (χ4v) is 1.69. The fourth-order valence-electron chi connectivity index (χ4n) is 1.69. The van der Waals surface area contributed by atoms with E-state index in [2.05, 4.69) is 33.5 Å². The Hall–Kier alpha value is -1.74. The molecular weight excluding hydrogens is 210 g/mol. The minimum atomic E-state index is 0.997. The highest BCUT2D eigenvalue weighted by atomic mass is 14.8. The summed E-state index contributed by atoms with van der Waals surface area (Å²) in [5.41, 5.74) is 2.61. The number of rotatable bonds is 6. The van der Waals surface area contributed by atoms with Crippen LogP contribution in [-0.2, 0) is 12.8 Å². The van der Waals surface area contributed by atoms with Crippen LogP contribution in [0.5, 0.6) is 0 Å². The van der Waals surface area contributed by atoms with Gasteiger partial charge in [0.2, 0.25) is 0 Å². The SMILES string of the molecule is c1cncc(CCNCCc2ccncc2)c1. The van der Waals surface area contributed by atoms with Crippen LogP contribution in [0.15, 0.2) is 49.1 Å². The quantitative estimate of drug-likeness (QED) is 0.765. The summed E-state index contributed by atoms with van der Waals surface area (Å²) in [6.45, 7) is 2.00. The third-order valence-electron chi connectivity index (χ3n) is 2.65. The molecule has 2 rings (SSSR count). The Morgan fingerprint density at radius 2 is 1.59 bits per heavy atom. The summed E-state index contributed by atoms with van der Waals surface area (Å²) in [7, 11) is 0. The molecule has 0 radical (unpaired) electrons. The van der Waals surface area contributed by atoms with Crippen LogP contribution in [-0.4, -0.2) is 23.1 Å². The molecule has 1 N–H and O–H groups in total. The van der Waals surface area contributed by atoms with E-state index in [0.29, 0.717) is 0 Å². The van der Waals surface area contributed by atoms with Crippen molar-refractivity contribution in [2.24, 2.45) is 0 Å². The molecule has 0 aromatic carbocycles. The smallest absolute Gasteiger partial charge is 0.0300 e. The monoisotopic (exact) mass is 227 g/mol. The van der Waals surface area contributed by atoms with Crippen LogP contribution in [0, 0.1) is 0 Å². The fraction of sp³-hybridized carbons (Fsp3) is 0.286. The summed E-state index contributed by atoms with van der Waals surface area (Å²) in [5, 5.41) is 3.43. The molecule has 0 atom stereocenters. The van der Waals surface area contributed by atoms with Crippen molar-refractivity contribution in [1.29, 1.82) is 0 Å². The molecule has 0 aliphatic rings. The van der Waals surface area contributed by atoms with Gasteiger partial charge in [0.25, 0.3) is 0 Å². The van der Waals surface area contributed by atoms with Gasteiger partial charge in [0.15, 0.2) is 0 Å². The Balaban J connectivity index is 1.61. The highest BCUT2D eigenvalue weighted by molar-refractivity contribution is 5.10. The highest BCUT2D eigenvalue weighted by Gasteiger charge is 1.93. The van der Waals surface area contributed by atoms with Crippen molar-refractivity contribution < 1.29 is 0 Å². The molecule has 0 unspecified atom stereocenters. The van der Waals surface area contributed by atoms with Crippen LogP contribution >= 0.6 is 0 Å². The van der Waals surface area contributed by atoms with E-state index >= 15 is 0 Å². The summed E-state index contributed by atoms with van der Waals surface area (Å²) in [4.78, 5) is 8.10. The van der Waals surface area contributed by atoms with Crippen molar-refractivity contribution >= 4 is 0 Å². The highest BCUT2D eigenvalue weighted by Crippen LogP contribution is 1.97. The van der Waals surface area contributed by atoms with Crippen LogP contribution in [0.2, 0.25) is 0 Å². The summed E-state index contributed by atoms with van der Waals surface area (Å²) in [5.74, 6) is 0. The Bertz CT molecular complexity index is 372. The predicted molar refractivity (Wildman–Crippen MR) is 68.8 cm³/mol. The maximum absolute atomic E-state index is 4.10. The molecule has 3 nitrogen and oxygen atoms in total. The van der Waals surface area contributed by atoms with Crippen molar-refractivity contribution in [2.45, 2.75) is 12.8 Å². The van der Waals surface area contributed by atoms with E-state index in [1.807, 2.05) is 24.7 Å². The zero-order valence-electron chi connectivity index (χ0n) is 9.84. The van der Waals surface area contributed by atoms with E-state index in [-0.39, 0.29) is 0 Å². The lowest BCUT2D eigenvalue weighted by Gasteiger charge is -2.04. The molecular formula is C14H17N3. The molecule has 88 valence electrons. The van der Waals surface area contributed by atoms with Crippen molar-refractivity contribution in [2.75, 3.05) is 13.1 Å². The summed E-state index contributed by atoms with van der Waals surface area (Å²) in [6.07, 6.45) is 9.49. The average molecular weight is 227 g/mol. The third-order valence-corrected chi connectivity index (χ3v) is 2.65. The number of nitrogens with zero attached hydrogens (tertiary/aromatic N) is 2. The number of hydrogen-bond acceptors (Lipinski definition) is 3. The molecule has 2 aromatic heterocycles. The minimum absolute atomic E-state index is 0.997. The lowest BCUT2D eigenvalue weighted by Crippen LogP contribution is -2.20. The van der Waals surface area contributed by atoms with Crippen molar-refractivity contribution in [1.82, 2.24) is 15.3 Å². The Morgan fingerprint density at radius 1 is 0.824 bits per heavy atom. The molecule has 0 amide bonds. The minimum Gasteiger partial charge on any atom is -0.316 e. The molecule has 0 saturated carbocycles. The number of nitrogens with one attached hydrogen (secondary N) is 1. The average Bonchev–Trinajstić information content (AvgIpc) is 2.41. The molecule has 2 aromatic rings. The predicted octanol–water partition coefficient (Wildman–Crippen LogP) is 1.85. The molecule has 2 heterocycles. The van der Waals surface area contributed by atoms with Crippen LogP contribution < -0.4 is 5.32 Å². The molecule has 0 aliphatic carbocycles. The number of aromatic nitrogens is 2. The Kier molecular flexibility index (Phi) is 4.67. The van der Waals surface area contributed by atoms with E-state index in [0.717, 1.165) is 25.9 Å².